The predicted octanol–water partition coefficient (Wildman–Crippen LogP) is 1.18. The summed E-state index contributed by atoms with van der Waals surface area (Å²) in [7, 11) is 0. The van der Waals surface area contributed by atoms with Gasteiger partial charge in [-0.2, -0.15) is 13.2 Å². The third-order valence-corrected chi connectivity index (χ3v) is 0. The Morgan fingerprint density at radius 3 is 1.00 bits per heavy atom. The maximum Gasteiger partial charge on any atom is 0.379 e. The third kappa shape index (κ3) is 103. The van der Waals surface area contributed by atoms with Gasteiger partial charge in [0.25, 0.3) is 0 Å². The summed E-state index contributed by atoms with van der Waals surface area (Å²) < 4.78 is 29.0. The fourth-order valence-electron chi connectivity index (χ4n) is 0. The molecule has 0 heterocycles. The summed E-state index contributed by atoms with van der Waals surface area (Å²) in [6, 6.07) is 0. The van der Waals surface area contributed by atoms with Crippen molar-refractivity contribution < 1.29 is 35.6 Å². The van der Waals surface area contributed by atoms with Gasteiger partial charge in [-0.1, -0.05) is 0 Å². The first kappa shape index (κ1) is 9.11. The molecule has 0 fully saturated rings. The van der Waals surface area contributed by atoms with Crippen LogP contribution in [0.25, 0.3) is 0 Å². The fourth-order valence-corrected chi connectivity index (χ4v) is 0. The zero-order chi connectivity index (χ0) is 3.58. The molecule has 0 nitrogen and oxygen atoms in total. The average Bonchev–Trinajstić information content (AvgIpc) is 0.811. The minimum Gasteiger partial charge on any atom is -0.174 e. The van der Waals surface area contributed by atoms with Gasteiger partial charge in [0, 0.05) is 22.4 Å². The largest absolute Gasteiger partial charge is 0.379 e. The van der Waals surface area contributed by atoms with Crippen molar-refractivity contribution in [2.45, 2.75) is 6.68 Å². The minimum absolute atomic E-state index is 0. The molecule has 0 aliphatic rings. The van der Waals surface area contributed by atoms with Crippen molar-refractivity contribution in [1.82, 2.24) is 0 Å². The van der Waals surface area contributed by atoms with Gasteiger partial charge in [-0.15, -0.1) is 0 Å². The summed E-state index contributed by atoms with van der Waals surface area (Å²) in [4.78, 5) is 0. The molecule has 37 valence electrons. The Morgan fingerprint density at radius 2 is 1.00 bits per heavy atom. The Hall–Kier alpha value is 0.530. The second-order valence-corrected chi connectivity index (χ2v) is 0.247. The van der Waals surface area contributed by atoms with E-state index in [2.05, 4.69) is 0 Å². The van der Waals surface area contributed by atoms with Crippen LogP contribution in [0.4, 0.5) is 13.2 Å². The molecule has 1 radical (unpaired) electrons. The smallest absolute Gasteiger partial charge is 0.174 e. The van der Waals surface area contributed by atoms with Crippen molar-refractivity contribution in [2.75, 3.05) is 0 Å². The molecule has 0 saturated carbocycles. The zero-order valence-corrected chi connectivity index (χ0v) is 3.50. The van der Waals surface area contributed by atoms with Gasteiger partial charge in [0.05, 0.1) is 0 Å². The molecule has 0 saturated heterocycles. The van der Waals surface area contributed by atoms with Crippen LogP contribution in [0.2, 0.25) is 0 Å². The molecule has 0 rings (SSSR count). The summed E-state index contributed by atoms with van der Waals surface area (Å²) in [6.45, 7) is -3.67. The molecule has 0 unspecified atom stereocenters. The summed E-state index contributed by atoms with van der Waals surface area (Å²) in [5.41, 5.74) is 0. The van der Waals surface area contributed by atoms with Crippen LogP contribution in [0.15, 0.2) is 0 Å². The van der Waals surface area contributed by atoms with Crippen LogP contribution in [0.1, 0.15) is 0 Å². The standard InChI is InChI=1S/CHF3.Ag/c2-1(3)4;/h1H;. The van der Waals surface area contributed by atoms with Gasteiger partial charge in [-0.25, -0.2) is 0 Å². The Bertz CT molecular complexity index is 11.6. The summed E-state index contributed by atoms with van der Waals surface area (Å²) in [6.07, 6.45) is 0. The minimum atomic E-state index is -3.67. The normalized spacial score (nSPS) is 7.20. The van der Waals surface area contributed by atoms with Gasteiger partial charge in [-0.05, 0) is 0 Å². The van der Waals surface area contributed by atoms with E-state index in [0.717, 1.165) is 0 Å². The second-order valence-electron chi connectivity index (χ2n) is 0.247. The summed E-state index contributed by atoms with van der Waals surface area (Å²) in [5, 5.41) is 0. The third-order valence-electron chi connectivity index (χ3n) is 0. The second kappa shape index (κ2) is 4.53. The molecule has 0 aromatic rings. The summed E-state index contributed by atoms with van der Waals surface area (Å²) in [5.74, 6) is 0. The van der Waals surface area contributed by atoms with Gasteiger partial charge < -0.3 is 0 Å². The van der Waals surface area contributed by atoms with Crippen molar-refractivity contribution in [3.05, 3.63) is 0 Å². The van der Waals surface area contributed by atoms with Crippen LogP contribution in [-0.2, 0) is 22.4 Å². The monoisotopic (exact) mass is 177 g/mol. The molecule has 0 bridgehead atoms. The molecule has 5 heavy (non-hydrogen) atoms. The van der Waals surface area contributed by atoms with Crippen molar-refractivity contribution in [2.24, 2.45) is 0 Å². The van der Waals surface area contributed by atoms with E-state index in [9.17, 15) is 13.2 Å². The SMILES string of the molecule is FC(F)F.[Ag]. The zero-order valence-electron chi connectivity index (χ0n) is 2.01. The van der Waals surface area contributed by atoms with Gasteiger partial charge in [0.15, 0.2) is 0 Å². The summed E-state index contributed by atoms with van der Waals surface area (Å²) >= 11 is 0. The van der Waals surface area contributed by atoms with Crippen LogP contribution >= 0.6 is 0 Å². The van der Waals surface area contributed by atoms with E-state index in [-0.39, 0.29) is 22.4 Å². The van der Waals surface area contributed by atoms with Crippen molar-refractivity contribution in [1.29, 1.82) is 0 Å². The van der Waals surface area contributed by atoms with E-state index in [1.165, 1.54) is 0 Å². The van der Waals surface area contributed by atoms with Crippen LogP contribution in [0.5, 0.6) is 0 Å². The molecular formula is CHAgF3. The van der Waals surface area contributed by atoms with E-state index >= 15 is 0 Å². The van der Waals surface area contributed by atoms with E-state index in [1.54, 1.807) is 0 Å². The maximum absolute atomic E-state index is 9.67. The van der Waals surface area contributed by atoms with Crippen LogP contribution in [0, 0.1) is 0 Å². The van der Waals surface area contributed by atoms with Gasteiger partial charge in [0.1, 0.15) is 0 Å². The number of halogens is 3. The Kier molecular flexibility index (Phi) is 8.25. The van der Waals surface area contributed by atoms with Crippen LogP contribution < -0.4 is 0 Å². The molecule has 0 spiro atoms. The molecule has 0 aliphatic heterocycles. The molecule has 0 aromatic heterocycles. The van der Waals surface area contributed by atoms with Crippen LogP contribution in [0.3, 0.4) is 0 Å². The Morgan fingerprint density at radius 1 is 1.00 bits per heavy atom. The molecule has 0 atom stereocenters. The fraction of sp³-hybridized carbons (Fsp3) is 1.00. The average molecular weight is 178 g/mol. The first-order valence-electron chi connectivity index (χ1n) is 0.655. The van der Waals surface area contributed by atoms with E-state index < -0.39 is 6.68 Å². The molecule has 4 heteroatoms. The molecule has 0 aliphatic carbocycles. The van der Waals surface area contributed by atoms with Gasteiger partial charge in [-0.3, -0.25) is 0 Å². The number of hydrogen-bond acceptors (Lipinski definition) is 0. The van der Waals surface area contributed by atoms with Crippen LogP contribution in [-0.4, -0.2) is 6.68 Å². The van der Waals surface area contributed by atoms with Crippen molar-refractivity contribution in [3.8, 4) is 0 Å². The van der Waals surface area contributed by atoms with Crippen molar-refractivity contribution in [3.63, 3.8) is 0 Å². The van der Waals surface area contributed by atoms with Crippen molar-refractivity contribution >= 4 is 0 Å². The predicted molar refractivity (Wildman–Crippen MR) is 7.11 cm³/mol. The molecular weight excluding hydrogens is 177 g/mol. The maximum atomic E-state index is 9.67. The van der Waals surface area contributed by atoms with Gasteiger partial charge in [0.2, 0.25) is 0 Å². The molecule has 0 aromatic carbocycles. The van der Waals surface area contributed by atoms with E-state index in [0.29, 0.717) is 0 Å². The Labute approximate surface area is 42.9 Å². The number of hydrogen-bond donors (Lipinski definition) is 0. The number of rotatable bonds is 0. The quantitative estimate of drug-likeness (QED) is 0.488. The first-order valence-corrected chi connectivity index (χ1v) is 0.655. The Balaban J connectivity index is 0. The first-order chi connectivity index (χ1) is 1.73. The van der Waals surface area contributed by atoms with E-state index in [1.807, 2.05) is 0 Å². The van der Waals surface area contributed by atoms with Gasteiger partial charge >= 0.3 is 6.68 Å². The topological polar surface area (TPSA) is 0 Å². The molecule has 0 amide bonds. The molecule has 0 N–H and O–H groups in total. The van der Waals surface area contributed by atoms with E-state index in [4.69, 9.17) is 0 Å². The number of alkyl halides is 3.